The van der Waals surface area contributed by atoms with Crippen LogP contribution in [0.3, 0.4) is 0 Å². The first-order valence-electron chi connectivity index (χ1n) is 29.9. The maximum atomic E-state index is 10.4. The van der Waals surface area contributed by atoms with Gasteiger partial charge in [0.15, 0.2) is 0 Å². The molecule has 0 amide bonds. The van der Waals surface area contributed by atoms with Crippen molar-refractivity contribution in [1.29, 1.82) is 0 Å². The lowest BCUT2D eigenvalue weighted by atomic mass is 9.76. The van der Waals surface area contributed by atoms with Crippen LogP contribution in [0.1, 0.15) is 101 Å². The number of aryl methyl sites for hydroxylation is 2. The Hall–Kier alpha value is -6.44. The molecule has 0 saturated heterocycles. The van der Waals surface area contributed by atoms with Gasteiger partial charge in [-0.05, 0) is 225 Å². The van der Waals surface area contributed by atoms with E-state index in [1.54, 1.807) is 41.5 Å². The highest BCUT2D eigenvalue weighted by atomic mass is 16.3. The highest BCUT2D eigenvalue weighted by Crippen LogP contribution is 2.55. The van der Waals surface area contributed by atoms with Crippen LogP contribution in [0.15, 0.2) is 119 Å². The predicted octanol–water partition coefficient (Wildman–Crippen LogP) is 17.1. The van der Waals surface area contributed by atoms with Crippen LogP contribution < -0.4 is 0 Å². The average Bonchev–Trinajstić information content (AvgIpc) is 4.06. The molecule has 0 spiro atoms. The Bertz CT molecular complexity index is 4620. The van der Waals surface area contributed by atoms with Gasteiger partial charge in [0, 0.05) is 16.2 Å². The third-order valence-electron chi connectivity index (χ3n) is 13.2. The van der Waals surface area contributed by atoms with Crippen molar-refractivity contribution in [3.8, 4) is 44.5 Å². The van der Waals surface area contributed by atoms with Crippen LogP contribution in [0.2, 0.25) is 0 Å². The van der Waals surface area contributed by atoms with Crippen LogP contribution in [-0.2, 0) is 5.41 Å². The maximum absolute atomic E-state index is 10.4. The molecule has 10 aromatic rings. The van der Waals surface area contributed by atoms with Gasteiger partial charge in [-0.3, -0.25) is 0 Å². The third kappa shape index (κ3) is 5.26. The monoisotopic (exact) mass is 808 g/mol. The zero-order valence-corrected chi connectivity index (χ0v) is 35.9. The normalized spacial score (nSPS) is 17.7. The summed E-state index contributed by atoms with van der Waals surface area (Å²) in [5, 5.41) is -0.448. The molecule has 0 atom stereocenters. The van der Waals surface area contributed by atoms with E-state index in [0.29, 0.717) is 38.8 Å². The van der Waals surface area contributed by atoms with E-state index in [-0.39, 0.29) is 164 Å². The second kappa shape index (κ2) is 13.0. The molecule has 0 N–H and O–H groups in total. The van der Waals surface area contributed by atoms with Crippen molar-refractivity contribution in [2.75, 3.05) is 0 Å². The summed E-state index contributed by atoms with van der Waals surface area (Å²) in [5.74, 6) is 0. The SMILES string of the molecule is [2H]c1c([2H])c(-c2c([2H])c(C)c([2H])c3c2C(C)(C)c2c(C)c(C)c([2H])c([2H])c2-3)c([2H])c(-c2c3c([2H])c([2H])c([2H])c([2H])c3c(-c3c([2H])c([2H])c4oc5c([2H])c6c(C)c(C)c(C)c([2H])c6c([2H])c5c4c3C)c3c([2H])c(C)c(C)c([2H])c23)c1[2H]. The van der Waals surface area contributed by atoms with Crippen molar-refractivity contribution >= 4 is 54.3 Å². The number of benzene rings is 9. The lowest BCUT2D eigenvalue weighted by Crippen LogP contribution is -2.18. The number of hydrogen-bond donors (Lipinski definition) is 0. The third-order valence-corrected chi connectivity index (χ3v) is 13.2. The Balaban J connectivity index is 1.38. The zero-order chi connectivity index (χ0) is 58.9. The van der Waals surface area contributed by atoms with Crippen molar-refractivity contribution in [3.63, 3.8) is 0 Å². The van der Waals surface area contributed by atoms with Crippen LogP contribution in [0, 0.1) is 62.3 Å². The maximum Gasteiger partial charge on any atom is 0.136 e. The lowest BCUT2D eigenvalue weighted by Gasteiger charge is -2.27. The summed E-state index contributed by atoms with van der Waals surface area (Å²) in [6.45, 7) is 18.8. The van der Waals surface area contributed by atoms with Gasteiger partial charge in [0.1, 0.15) is 11.2 Å². The summed E-state index contributed by atoms with van der Waals surface area (Å²) in [4.78, 5) is 0. The first kappa shape index (κ1) is 22.4. The van der Waals surface area contributed by atoms with Gasteiger partial charge in [-0.25, -0.2) is 0 Å². The Kier molecular flexibility index (Phi) is 4.79. The van der Waals surface area contributed by atoms with Crippen molar-refractivity contribution in [2.24, 2.45) is 0 Å². The molecule has 0 unspecified atom stereocenters. The molecule has 0 radical (unpaired) electrons. The Morgan fingerprint density at radius 3 is 1.84 bits per heavy atom. The average molecular weight is 808 g/mol. The van der Waals surface area contributed by atoms with Crippen LogP contribution >= 0.6 is 0 Å². The second-order valence-electron chi connectivity index (χ2n) is 17.1. The van der Waals surface area contributed by atoms with E-state index in [1.807, 2.05) is 27.7 Å². The fraction of sp³-hybridized carbons (Fsp3) is 0.200. The summed E-state index contributed by atoms with van der Waals surface area (Å²) in [7, 11) is 0. The van der Waals surface area contributed by atoms with Gasteiger partial charge in [0.25, 0.3) is 0 Å². The van der Waals surface area contributed by atoms with Crippen LogP contribution in [0.25, 0.3) is 98.8 Å². The summed E-state index contributed by atoms with van der Waals surface area (Å²) >= 11 is 0. The minimum Gasteiger partial charge on any atom is -0.456 e. The minimum absolute atomic E-state index is 0.0192. The molecule has 0 saturated carbocycles. The Morgan fingerprint density at radius 2 is 1.08 bits per heavy atom. The first-order valence-corrected chi connectivity index (χ1v) is 20.4. The van der Waals surface area contributed by atoms with Crippen molar-refractivity contribution in [2.45, 2.75) is 81.6 Å². The van der Waals surface area contributed by atoms with E-state index in [0.717, 1.165) is 5.56 Å². The van der Waals surface area contributed by atoms with E-state index >= 15 is 0 Å². The topological polar surface area (TPSA) is 13.1 Å². The van der Waals surface area contributed by atoms with E-state index in [1.165, 1.54) is 6.92 Å². The summed E-state index contributed by atoms with van der Waals surface area (Å²) in [6.07, 6.45) is 0. The summed E-state index contributed by atoms with van der Waals surface area (Å²) in [6, 6.07) is -8.26. The quantitative estimate of drug-likeness (QED) is 0.162. The summed E-state index contributed by atoms with van der Waals surface area (Å²) in [5.41, 5.74) is 2.44. The lowest BCUT2D eigenvalue weighted by molar-refractivity contribution is 0.656. The van der Waals surface area contributed by atoms with E-state index < -0.39 is 71.4 Å². The number of rotatable bonds is 3. The Labute approximate surface area is 386 Å². The van der Waals surface area contributed by atoms with Crippen molar-refractivity contribution < 1.29 is 30.5 Å². The van der Waals surface area contributed by atoms with Gasteiger partial charge in [0.05, 0.1) is 26.0 Å². The highest BCUT2D eigenvalue weighted by molar-refractivity contribution is 6.23. The molecule has 9 aromatic carbocycles. The fourth-order valence-corrected chi connectivity index (χ4v) is 9.69. The molecule has 0 bridgehead atoms. The van der Waals surface area contributed by atoms with Gasteiger partial charge in [-0.2, -0.15) is 0 Å². The van der Waals surface area contributed by atoms with Crippen molar-refractivity contribution in [1.82, 2.24) is 0 Å². The van der Waals surface area contributed by atoms with Gasteiger partial charge in [-0.1, -0.05) is 104 Å². The molecule has 1 aliphatic carbocycles. The molecule has 1 heterocycles. The largest absolute Gasteiger partial charge is 0.456 e. The van der Waals surface area contributed by atoms with Gasteiger partial charge < -0.3 is 4.42 Å². The minimum atomic E-state index is -1.15. The zero-order valence-electron chi connectivity index (χ0n) is 54.9. The number of furan rings is 1. The summed E-state index contributed by atoms with van der Waals surface area (Å²) < 4.78 is 189. The van der Waals surface area contributed by atoms with Crippen LogP contribution in [0.4, 0.5) is 0 Å². The molecular weight excluding hydrogens is 737 g/mol. The fourth-order valence-electron chi connectivity index (χ4n) is 9.69. The predicted molar refractivity (Wildman–Crippen MR) is 263 cm³/mol. The molecule has 1 heteroatoms. The van der Waals surface area contributed by atoms with E-state index in [4.69, 9.17) is 5.79 Å². The number of fused-ring (bicyclic) bond motifs is 9. The standard InChI is InChI=1S/C60H52O/c1-31-23-48(59-51(24-31)46-20-19-32(2)37(7)58(46)60(59,10)11)40-15-14-16-41(28-40)56-44-17-12-13-18-45(44)57(50-27-34(4)33(3)26-49(50)56)43-21-22-53-55(39(43)9)52-29-42-25-35(5)36(6)38(8)47(42)30-54(52)61-53/h12-30H,1-11H3/i12D,13D,14D,15D,16D,17D,18D,19D,20D,21D,22D,23D,24D,25D,26D,27D,28D,29D,30D. The van der Waals surface area contributed by atoms with Crippen LogP contribution in [-0.4, -0.2) is 0 Å². The molecule has 61 heavy (non-hydrogen) atoms. The van der Waals surface area contributed by atoms with E-state index in [9.17, 15) is 24.7 Å². The van der Waals surface area contributed by atoms with Crippen LogP contribution in [0.5, 0.6) is 0 Å². The van der Waals surface area contributed by atoms with Gasteiger partial charge >= 0.3 is 0 Å². The smallest absolute Gasteiger partial charge is 0.136 e. The molecule has 1 aliphatic rings. The second-order valence-corrected chi connectivity index (χ2v) is 17.1. The molecule has 1 aromatic heterocycles. The van der Waals surface area contributed by atoms with Gasteiger partial charge in [-0.15, -0.1) is 0 Å². The highest BCUT2D eigenvalue weighted by Gasteiger charge is 2.39. The molecule has 1 nitrogen and oxygen atoms in total. The molecule has 0 aliphatic heterocycles. The molecular formula is C60H52O. The molecule has 11 rings (SSSR count). The molecule has 0 fully saturated rings. The molecule has 298 valence electrons. The van der Waals surface area contributed by atoms with Crippen molar-refractivity contribution in [3.05, 3.63) is 176 Å². The first-order chi connectivity index (χ1) is 37.2. The number of hydrogen-bond acceptors (Lipinski definition) is 1. The van der Waals surface area contributed by atoms with E-state index in [2.05, 4.69) is 0 Å². The Morgan fingerprint density at radius 1 is 0.410 bits per heavy atom. The van der Waals surface area contributed by atoms with Gasteiger partial charge in [0.2, 0.25) is 0 Å².